The predicted molar refractivity (Wildman–Crippen MR) is 92.5 cm³/mol. The maximum atomic E-state index is 13.1. The number of benzene rings is 1. The maximum absolute atomic E-state index is 13.1. The molecule has 0 aliphatic heterocycles. The lowest BCUT2D eigenvalue weighted by atomic mass is 10.1. The molecule has 0 bridgehead atoms. The minimum absolute atomic E-state index is 0.285. The summed E-state index contributed by atoms with van der Waals surface area (Å²) in [6.07, 6.45) is 1.18. The fourth-order valence-corrected chi connectivity index (χ4v) is 2.23. The Morgan fingerprint density at radius 1 is 1.32 bits per heavy atom. The third kappa shape index (κ3) is 6.19. The molecule has 0 saturated heterocycles. The van der Waals surface area contributed by atoms with Gasteiger partial charge in [-0.3, -0.25) is 4.90 Å². The molecule has 1 aromatic heterocycles. The number of nitrogens with zero attached hydrogens (tertiary/aromatic N) is 2. The zero-order valence-corrected chi connectivity index (χ0v) is 15.0. The highest BCUT2D eigenvalue weighted by Crippen LogP contribution is 2.24. The molecule has 0 atom stereocenters. The summed E-state index contributed by atoms with van der Waals surface area (Å²) in [6.45, 7) is 7.04. The number of carbonyl (C=O) groups is 1. The maximum Gasteiger partial charge on any atom is 0.407 e. The number of hydrogen-bond acceptors (Lipinski definition) is 5. The lowest BCUT2D eigenvalue weighted by Crippen LogP contribution is -2.36. The van der Waals surface area contributed by atoms with Gasteiger partial charge >= 0.3 is 6.09 Å². The standard InChI is InChI=1S/C18H24FN3O3/c1-18(2,3)24-17(23)20-9-10-22(4)12-16-15(11-21-25-16)13-5-7-14(19)8-6-13/h5-8,11H,9-10,12H2,1-4H3,(H,20,23). The van der Waals surface area contributed by atoms with E-state index in [2.05, 4.69) is 10.5 Å². The van der Waals surface area contributed by atoms with E-state index in [-0.39, 0.29) is 5.82 Å². The summed E-state index contributed by atoms with van der Waals surface area (Å²) in [5.74, 6) is 0.401. The van der Waals surface area contributed by atoms with Gasteiger partial charge in [0, 0.05) is 18.7 Å². The van der Waals surface area contributed by atoms with E-state index in [4.69, 9.17) is 9.26 Å². The van der Waals surface area contributed by atoms with E-state index < -0.39 is 11.7 Å². The number of aromatic nitrogens is 1. The van der Waals surface area contributed by atoms with Crippen molar-refractivity contribution in [3.05, 3.63) is 42.0 Å². The van der Waals surface area contributed by atoms with Crippen LogP contribution in [0, 0.1) is 5.82 Å². The van der Waals surface area contributed by atoms with E-state index in [1.54, 1.807) is 18.3 Å². The van der Waals surface area contributed by atoms with Crippen molar-refractivity contribution in [3.63, 3.8) is 0 Å². The SMILES string of the molecule is CN(CCNC(=O)OC(C)(C)C)Cc1oncc1-c1ccc(F)cc1. The second-order valence-electron chi connectivity index (χ2n) is 6.84. The zero-order chi connectivity index (χ0) is 18.4. The molecule has 6 nitrogen and oxygen atoms in total. The molecule has 25 heavy (non-hydrogen) atoms. The molecule has 0 aliphatic rings. The Balaban J connectivity index is 1.85. The van der Waals surface area contributed by atoms with E-state index in [0.29, 0.717) is 25.4 Å². The Morgan fingerprint density at radius 3 is 2.64 bits per heavy atom. The third-order valence-electron chi connectivity index (χ3n) is 3.38. The average molecular weight is 349 g/mol. The Bertz CT molecular complexity index is 692. The fraction of sp³-hybridized carbons (Fsp3) is 0.444. The first-order valence-corrected chi connectivity index (χ1v) is 8.09. The molecule has 0 saturated carbocycles. The van der Waals surface area contributed by atoms with E-state index in [1.165, 1.54) is 12.1 Å². The molecular formula is C18H24FN3O3. The molecule has 1 amide bonds. The summed E-state index contributed by atoms with van der Waals surface area (Å²) < 4.78 is 23.6. The summed E-state index contributed by atoms with van der Waals surface area (Å²) in [5.41, 5.74) is 1.16. The number of ether oxygens (including phenoxy) is 1. The third-order valence-corrected chi connectivity index (χ3v) is 3.38. The number of halogens is 1. The van der Waals surface area contributed by atoms with Gasteiger partial charge in [0.15, 0.2) is 5.76 Å². The number of rotatable bonds is 6. The van der Waals surface area contributed by atoms with Gasteiger partial charge in [-0.2, -0.15) is 0 Å². The number of amides is 1. The average Bonchev–Trinajstić information content (AvgIpc) is 2.94. The van der Waals surface area contributed by atoms with Crippen molar-refractivity contribution in [3.8, 4) is 11.1 Å². The molecule has 1 heterocycles. The van der Waals surface area contributed by atoms with Gasteiger partial charge in [-0.25, -0.2) is 9.18 Å². The van der Waals surface area contributed by atoms with Crippen molar-refractivity contribution in [2.24, 2.45) is 0 Å². The van der Waals surface area contributed by atoms with E-state index in [1.807, 2.05) is 32.7 Å². The summed E-state index contributed by atoms with van der Waals surface area (Å²) in [4.78, 5) is 13.6. The topological polar surface area (TPSA) is 67.6 Å². The molecule has 0 aliphatic carbocycles. The van der Waals surface area contributed by atoms with Crippen molar-refractivity contribution < 1.29 is 18.4 Å². The fourth-order valence-electron chi connectivity index (χ4n) is 2.23. The van der Waals surface area contributed by atoms with Crippen LogP contribution in [0.15, 0.2) is 35.0 Å². The second-order valence-corrected chi connectivity index (χ2v) is 6.84. The number of nitrogens with one attached hydrogen (secondary N) is 1. The van der Waals surface area contributed by atoms with Crippen LogP contribution in [0.25, 0.3) is 11.1 Å². The van der Waals surface area contributed by atoms with E-state index >= 15 is 0 Å². The summed E-state index contributed by atoms with van der Waals surface area (Å²) in [5, 5.41) is 6.55. The molecule has 0 radical (unpaired) electrons. The Kier molecular flexibility index (Phi) is 6.14. The summed E-state index contributed by atoms with van der Waals surface area (Å²) >= 11 is 0. The highest BCUT2D eigenvalue weighted by molar-refractivity contribution is 5.67. The largest absolute Gasteiger partial charge is 0.444 e. The van der Waals surface area contributed by atoms with Gasteiger partial charge < -0.3 is 14.6 Å². The lowest BCUT2D eigenvalue weighted by molar-refractivity contribution is 0.0523. The van der Waals surface area contributed by atoms with Crippen LogP contribution in [0.4, 0.5) is 9.18 Å². The van der Waals surface area contributed by atoms with Crippen molar-refractivity contribution in [1.82, 2.24) is 15.4 Å². The van der Waals surface area contributed by atoms with Crippen molar-refractivity contribution in [2.75, 3.05) is 20.1 Å². The Morgan fingerprint density at radius 2 is 2.00 bits per heavy atom. The highest BCUT2D eigenvalue weighted by atomic mass is 19.1. The van der Waals surface area contributed by atoms with Crippen LogP contribution in [0.1, 0.15) is 26.5 Å². The number of hydrogen-bond donors (Lipinski definition) is 1. The molecule has 0 fully saturated rings. The molecule has 1 aromatic carbocycles. The molecule has 2 aromatic rings. The Labute approximate surface area is 146 Å². The van der Waals surface area contributed by atoms with Crippen LogP contribution >= 0.6 is 0 Å². The number of carbonyl (C=O) groups excluding carboxylic acids is 1. The molecule has 0 spiro atoms. The van der Waals surface area contributed by atoms with Crippen LogP contribution in [0.2, 0.25) is 0 Å². The van der Waals surface area contributed by atoms with Gasteiger partial charge in [0.05, 0.1) is 12.7 Å². The van der Waals surface area contributed by atoms with Gasteiger partial charge in [-0.15, -0.1) is 0 Å². The second kappa shape index (κ2) is 8.11. The quantitative estimate of drug-likeness (QED) is 0.865. The molecular weight excluding hydrogens is 325 g/mol. The molecule has 2 rings (SSSR count). The first-order chi connectivity index (χ1) is 11.7. The molecule has 0 unspecified atom stereocenters. The highest BCUT2D eigenvalue weighted by Gasteiger charge is 2.16. The predicted octanol–water partition coefficient (Wildman–Crippen LogP) is 3.44. The first kappa shape index (κ1) is 18.9. The van der Waals surface area contributed by atoms with Gasteiger partial charge in [0.1, 0.15) is 11.4 Å². The van der Waals surface area contributed by atoms with Crippen LogP contribution in [-0.2, 0) is 11.3 Å². The van der Waals surface area contributed by atoms with Crippen molar-refractivity contribution in [2.45, 2.75) is 32.9 Å². The normalized spacial score (nSPS) is 11.6. The van der Waals surface area contributed by atoms with Crippen LogP contribution in [0.3, 0.4) is 0 Å². The van der Waals surface area contributed by atoms with Crippen molar-refractivity contribution in [1.29, 1.82) is 0 Å². The van der Waals surface area contributed by atoms with E-state index in [0.717, 1.165) is 11.1 Å². The van der Waals surface area contributed by atoms with Gasteiger partial charge in [0.25, 0.3) is 0 Å². The minimum Gasteiger partial charge on any atom is -0.444 e. The summed E-state index contributed by atoms with van der Waals surface area (Å²) in [7, 11) is 1.91. The molecule has 7 heteroatoms. The number of likely N-dealkylation sites (N-methyl/N-ethyl adjacent to an activating group) is 1. The van der Waals surface area contributed by atoms with Crippen molar-refractivity contribution >= 4 is 6.09 Å². The Hall–Kier alpha value is -2.41. The van der Waals surface area contributed by atoms with E-state index in [9.17, 15) is 9.18 Å². The number of alkyl carbamates (subject to hydrolysis) is 1. The molecule has 136 valence electrons. The monoisotopic (exact) mass is 349 g/mol. The van der Waals surface area contributed by atoms with Crippen LogP contribution in [-0.4, -0.2) is 41.9 Å². The lowest BCUT2D eigenvalue weighted by Gasteiger charge is -2.21. The van der Waals surface area contributed by atoms with Gasteiger partial charge in [-0.1, -0.05) is 17.3 Å². The van der Waals surface area contributed by atoms with Crippen LogP contribution < -0.4 is 5.32 Å². The molecule has 1 N–H and O–H groups in total. The van der Waals surface area contributed by atoms with Gasteiger partial charge in [0.2, 0.25) is 0 Å². The van der Waals surface area contributed by atoms with Crippen LogP contribution in [0.5, 0.6) is 0 Å². The van der Waals surface area contributed by atoms with Gasteiger partial charge in [-0.05, 0) is 45.5 Å². The zero-order valence-electron chi connectivity index (χ0n) is 15.0. The minimum atomic E-state index is -0.514. The first-order valence-electron chi connectivity index (χ1n) is 8.09. The smallest absolute Gasteiger partial charge is 0.407 e. The summed E-state index contributed by atoms with van der Waals surface area (Å²) in [6, 6.07) is 6.19.